The SMILES string of the molecule is Cc1cc(NC(=O)[C@H](Cc2ccccc2)N=[N+]=[N-])c(=O)n([C@@H](CC(C)C)C(=O)N[C@H](/C=C/S(C)(=O)=O)CC(C)C)c1. The van der Waals surface area contributed by atoms with Gasteiger partial charge in [0.25, 0.3) is 5.56 Å². The Bertz CT molecular complexity index is 1440. The van der Waals surface area contributed by atoms with Crippen molar-refractivity contribution in [3.8, 4) is 0 Å². The predicted molar refractivity (Wildman–Crippen MR) is 161 cm³/mol. The van der Waals surface area contributed by atoms with Gasteiger partial charge in [-0.15, -0.1) is 0 Å². The van der Waals surface area contributed by atoms with E-state index in [0.29, 0.717) is 18.4 Å². The molecule has 0 fully saturated rings. The molecule has 2 N–H and O–H groups in total. The van der Waals surface area contributed by atoms with E-state index in [1.807, 2.05) is 45.9 Å². The van der Waals surface area contributed by atoms with E-state index >= 15 is 0 Å². The van der Waals surface area contributed by atoms with Crippen LogP contribution in [0.5, 0.6) is 0 Å². The molecule has 0 aliphatic heterocycles. The molecule has 0 aliphatic carbocycles. The highest BCUT2D eigenvalue weighted by molar-refractivity contribution is 7.93. The van der Waals surface area contributed by atoms with Crippen molar-refractivity contribution in [2.24, 2.45) is 17.0 Å². The van der Waals surface area contributed by atoms with Crippen molar-refractivity contribution in [3.63, 3.8) is 0 Å². The molecule has 0 unspecified atom stereocenters. The van der Waals surface area contributed by atoms with Crippen LogP contribution in [0.15, 0.2) is 64.0 Å². The van der Waals surface area contributed by atoms with Crippen molar-refractivity contribution in [2.75, 3.05) is 11.6 Å². The summed E-state index contributed by atoms with van der Waals surface area (Å²) in [5.41, 5.74) is 9.81. The number of nitrogens with one attached hydrogen (secondary N) is 2. The van der Waals surface area contributed by atoms with Crippen LogP contribution in [0.25, 0.3) is 10.4 Å². The second kappa shape index (κ2) is 15.2. The standard InChI is InChI=1S/C29H40N6O5S/c1-19(2)14-23(12-13-41(6,39)40)31-28(37)26(15-20(3)4)35-18-21(5)16-25(29(35)38)32-27(36)24(33-34-30)17-22-10-8-7-9-11-22/h7-13,16,18-20,23-24,26H,14-15,17H2,1-6H3,(H,31,37)(H,32,36)/b13-12+/t23-,24+,26+/m1/s1. The number of azide groups is 1. The highest BCUT2D eigenvalue weighted by atomic mass is 32.2. The Kier molecular flexibility index (Phi) is 12.4. The molecule has 2 amide bonds. The summed E-state index contributed by atoms with van der Waals surface area (Å²) >= 11 is 0. The Hall–Kier alpha value is -3.89. The quantitative estimate of drug-likeness (QED) is 0.187. The van der Waals surface area contributed by atoms with Crippen LogP contribution in [-0.4, -0.2) is 43.1 Å². The lowest BCUT2D eigenvalue weighted by Gasteiger charge is -2.25. The van der Waals surface area contributed by atoms with Crippen LogP contribution in [-0.2, 0) is 25.8 Å². The summed E-state index contributed by atoms with van der Waals surface area (Å²) in [5, 5.41) is 10.2. The smallest absolute Gasteiger partial charge is 0.275 e. The number of anilines is 1. The molecule has 2 rings (SSSR count). The third-order valence-electron chi connectivity index (χ3n) is 6.15. The maximum atomic E-state index is 13.6. The average molecular weight is 585 g/mol. The molecule has 0 bridgehead atoms. The number of aromatic nitrogens is 1. The zero-order chi connectivity index (χ0) is 30.7. The first-order valence-corrected chi connectivity index (χ1v) is 15.5. The highest BCUT2D eigenvalue weighted by Crippen LogP contribution is 2.20. The number of nitrogens with zero attached hydrogens (tertiary/aromatic N) is 4. The Labute approximate surface area is 241 Å². The Morgan fingerprint density at radius 2 is 1.71 bits per heavy atom. The van der Waals surface area contributed by atoms with Gasteiger partial charge in [-0.3, -0.25) is 14.4 Å². The fourth-order valence-electron chi connectivity index (χ4n) is 4.37. The number of hydrogen-bond acceptors (Lipinski definition) is 6. The maximum Gasteiger partial charge on any atom is 0.275 e. The van der Waals surface area contributed by atoms with Gasteiger partial charge in [-0.1, -0.05) is 69.2 Å². The van der Waals surface area contributed by atoms with Gasteiger partial charge in [0, 0.05) is 28.8 Å². The number of amides is 2. The summed E-state index contributed by atoms with van der Waals surface area (Å²) in [4.78, 5) is 43.1. The molecule has 0 aliphatic rings. The molecule has 1 aromatic heterocycles. The van der Waals surface area contributed by atoms with E-state index in [9.17, 15) is 22.8 Å². The molecular weight excluding hydrogens is 544 g/mol. The highest BCUT2D eigenvalue weighted by Gasteiger charge is 2.27. The van der Waals surface area contributed by atoms with E-state index in [1.54, 1.807) is 25.3 Å². The Morgan fingerprint density at radius 3 is 2.27 bits per heavy atom. The number of pyridine rings is 1. The molecule has 1 heterocycles. The number of aryl methyl sites for hydroxylation is 1. The van der Waals surface area contributed by atoms with Crippen LogP contribution in [0.1, 0.15) is 57.7 Å². The predicted octanol–water partition coefficient (Wildman–Crippen LogP) is 4.69. The van der Waals surface area contributed by atoms with Gasteiger partial charge < -0.3 is 15.2 Å². The van der Waals surface area contributed by atoms with E-state index in [-0.39, 0.29) is 23.9 Å². The third-order valence-corrected chi connectivity index (χ3v) is 6.80. The van der Waals surface area contributed by atoms with E-state index in [2.05, 4.69) is 20.7 Å². The number of sulfone groups is 1. The Morgan fingerprint density at radius 1 is 1.07 bits per heavy atom. The first-order chi connectivity index (χ1) is 19.2. The number of rotatable bonds is 14. The van der Waals surface area contributed by atoms with E-state index < -0.39 is 45.3 Å². The van der Waals surface area contributed by atoms with E-state index in [4.69, 9.17) is 5.53 Å². The molecule has 1 aromatic carbocycles. The van der Waals surface area contributed by atoms with Crippen molar-refractivity contribution >= 4 is 27.3 Å². The third kappa shape index (κ3) is 11.3. The molecule has 41 heavy (non-hydrogen) atoms. The monoisotopic (exact) mass is 584 g/mol. The molecule has 222 valence electrons. The van der Waals surface area contributed by atoms with Gasteiger partial charge in [0.05, 0.1) is 0 Å². The van der Waals surface area contributed by atoms with Crippen LogP contribution in [0.3, 0.4) is 0 Å². The summed E-state index contributed by atoms with van der Waals surface area (Å²) < 4.78 is 24.7. The van der Waals surface area contributed by atoms with Gasteiger partial charge in [0.15, 0.2) is 9.84 Å². The number of carbonyl (C=O) groups is 2. The van der Waals surface area contributed by atoms with Gasteiger partial charge in [-0.2, -0.15) is 0 Å². The summed E-state index contributed by atoms with van der Waals surface area (Å²) in [6, 6.07) is 7.99. The average Bonchev–Trinajstić information content (AvgIpc) is 2.87. The molecule has 0 spiro atoms. The molecular formula is C29H40N6O5S. The lowest BCUT2D eigenvalue weighted by Crippen LogP contribution is -2.43. The lowest BCUT2D eigenvalue weighted by atomic mass is 10.00. The molecule has 12 heteroatoms. The first kappa shape index (κ1) is 33.3. The minimum absolute atomic E-state index is 0.0338. The fraction of sp³-hybridized carbons (Fsp3) is 0.483. The minimum atomic E-state index is -3.40. The normalized spacial score (nSPS) is 14.0. The lowest BCUT2D eigenvalue weighted by molar-refractivity contribution is -0.125. The largest absolute Gasteiger partial charge is 0.348 e. The van der Waals surface area contributed by atoms with Crippen molar-refractivity contribution in [1.29, 1.82) is 0 Å². The fourth-order valence-corrected chi connectivity index (χ4v) is 4.85. The summed E-state index contributed by atoms with van der Waals surface area (Å²) in [7, 11) is -3.40. The number of benzene rings is 1. The van der Waals surface area contributed by atoms with Crippen LogP contribution >= 0.6 is 0 Å². The minimum Gasteiger partial charge on any atom is -0.348 e. The number of hydrogen-bond donors (Lipinski definition) is 2. The van der Waals surface area contributed by atoms with Crippen LogP contribution in [0.4, 0.5) is 5.69 Å². The molecule has 11 nitrogen and oxygen atoms in total. The van der Waals surface area contributed by atoms with E-state index in [0.717, 1.165) is 17.2 Å². The molecule has 0 saturated carbocycles. The summed E-state index contributed by atoms with van der Waals surface area (Å²) in [6.07, 6.45) is 5.05. The van der Waals surface area contributed by atoms with Crippen LogP contribution < -0.4 is 16.2 Å². The van der Waals surface area contributed by atoms with Crippen molar-refractivity contribution in [2.45, 2.75) is 72.0 Å². The van der Waals surface area contributed by atoms with E-state index in [1.165, 1.54) is 16.7 Å². The first-order valence-electron chi connectivity index (χ1n) is 13.5. The molecule has 3 atom stereocenters. The van der Waals surface area contributed by atoms with Crippen LogP contribution in [0, 0.1) is 18.8 Å². The zero-order valence-corrected chi connectivity index (χ0v) is 25.3. The zero-order valence-electron chi connectivity index (χ0n) is 24.4. The van der Waals surface area contributed by atoms with Crippen molar-refractivity contribution in [1.82, 2.24) is 9.88 Å². The van der Waals surface area contributed by atoms with Crippen molar-refractivity contribution < 1.29 is 18.0 Å². The second-order valence-corrected chi connectivity index (χ2v) is 13.0. The van der Waals surface area contributed by atoms with Crippen LogP contribution in [0.2, 0.25) is 0 Å². The topological polar surface area (TPSA) is 163 Å². The summed E-state index contributed by atoms with van der Waals surface area (Å²) in [5.74, 6) is -0.889. The van der Waals surface area contributed by atoms with Gasteiger partial charge in [-0.05, 0) is 60.7 Å². The van der Waals surface area contributed by atoms with Crippen molar-refractivity contribution in [3.05, 3.63) is 86.0 Å². The molecule has 0 saturated heterocycles. The summed E-state index contributed by atoms with van der Waals surface area (Å²) in [6.45, 7) is 9.50. The molecule has 2 aromatic rings. The van der Waals surface area contributed by atoms with Gasteiger partial charge in [0.1, 0.15) is 17.8 Å². The second-order valence-electron chi connectivity index (χ2n) is 11.1. The van der Waals surface area contributed by atoms with Gasteiger partial charge in [-0.25, -0.2) is 8.42 Å². The van der Waals surface area contributed by atoms with Gasteiger partial charge in [0.2, 0.25) is 11.8 Å². The van der Waals surface area contributed by atoms with Gasteiger partial charge >= 0.3 is 0 Å². The number of carbonyl (C=O) groups excluding carboxylic acids is 2. The molecule has 0 radical (unpaired) electrons. The maximum absolute atomic E-state index is 13.6. The Balaban J connectivity index is 2.43.